The van der Waals surface area contributed by atoms with Gasteiger partial charge in [-0.05, 0) is 50.3 Å². The van der Waals surface area contributed by atoms with Gasteiger partial charge in [-0.15, -0.1) is 11.8 Å². The molecule has 1 atom stereocenters. The molecule has 1 aromatic carbocycles. The van der Waals surface area contributed by atoms with Gasteiger partial charge in [0, 0.05) is 15.5 Å². The van der Waals surface area contributed by atoms with Crippen molar-refractivity contribution in [3.63, 3.8) is 0 Å². The topological polar surface area (TPSA) is 32.3 Å². The van der Waals surface area contributed by atoms with E-state index in [-0.39, 0.29) is 12.1 Å². The Morgan fingerprint density at radius 2 is 2.11 bits per heavy atom. The van der Waals surface area contributed by atoms with Crippen molar-refractivity contribution < 1.29 is 5.11 Å². The zero-order valence-corrected chi connectivity index (χ0v) is 13.7. The fourth-order valence-electron chi connectivity index (χ4n) is 1.88. The summed E-state index contributed by atoms with van der Waals surface area (Å²) in [4.78, 5) is 1.02. The van der Waals surface area contributed by atoms with Crippen molar-refractivity contribution in [1.29, 1.82) is 0 Å². The van der Waals surface area contributed by atoms with Crippen LogP contribution in [0.15, 0.2) is 23.1 Å². The molecule has 0 aliphatic rings. The maximum absolute atomic E-state index is 9.41. The Morgan fingerprint density at radius 3 is 2.74 bits per heavy atom. The summed E-state index contributed by atoms with van der Waals surface area (Å²) < 4.78 is 0. The molecule has 0 aliphatic carbocycles. The first-order chi connectivity index (χ1) is 9.00. The molecule has 108 valence electrons. The van der Waals surface area contributed by atoms with Crippen LogP contribution in [0.25, 0.3) is 0 Å². The van der Waals surface area contributed by atoms with Crippen molar-refractivity contribution >= 4 is 35.0 Å². The lowest BCUT2D eigenvalue weighted by Crippen LogP contribution is -2.45. The van der Waals surface area contributed by atoms with Gasteiger partial charge in [-0.25, -0.2) is 0 Å². The van der Waals surface area contributed by atoms with Crippen LogP contribution in [0, 0.1) is 0 Å². The molecule has 0 aromatic heterocycles. The van der Waals surface area contributed by atoms with E-state index in [4.69, 9.17) is 23.2 Å². The lowest BCUT2D eigenvalue weighted by molar-refractivity contribution is 0.167. The second kappa shape index (κ2) is 8.38. The lowest BCUT2D eigenvalue weighted by Gasteiger charge is -2.28. The number of thioether (sulfide) groups is 1. The minimum atomic E-state index is -0.187. The first-order valence-corrected chi connectivity index (χ1v) is 8.18. The third-order valence-electron chi connectivity index (χ3n) is 2.98. The van der Waals surface area contributed by atoms with Gasteiger partial charge >= 0.3 is 0 Å². The second-order valence-electron chi connectivity index (χ2n) is 4.78. The van der Waals surface area contributed by atoms with E-state index in [1.165, 1.54) is 0 Å². The Balaban J connectivity index is 2.40. The average molecular weight is 322 g/mol. The fourth-order valence-corrected chi connectivity index (χ4v) is 3.33. The van der Waals surface area contributed by atoms with Crippen LogP contribution in [0.4, 0.5) is 0 Å². The quantitative estimate of drug-likeness (QED) is 0.555. The molecule has 1 unspecified atom stereocenters. The molecule has 0 bridgehead atoms. The van der Waals surface area contributed by atoms with Crippen LogP contribution >= 0.6 is 35.0 Å². The van der Waals surface area contributed by atoms with Crippen molar-refractivity contribution in [3.05, 3.63) is 28.2 Å². The number of benzene rings is 1. The van der Waals surface area contributed by atoms with Gasteiger partial charge in [0.1, 0.15) is 0 Å². The number of halogens is 2. The Bertz CT molecular complexity index is 403. The molecule has 0 radical (unpaired) electrons. The maximum atomic E-state index is 9.41. The summed E-state index contributed by atoms with van der Waals surface area (Å²) in [6.45, 7) is 5.12. The highest BCUT2D eigenvalue weighted by molar-refractivity contribution is 7.99. The smallest absolute Gasteiger partial charge is 0.0610 e. The number of hydrogen-bond donors (Lipinski definition) is 2. The summed E-state index contributed by atoms with van der Waals surface area (Å²) in [5, 5.41) is 14.2. The summed E-state index contributed by atoms with van der Waals surface area (Å²) in [5.41, 5.74) is -0.187. The first kappa shape index (κ1) is 17.1. The van der Waals surface area contributed by atoms with Crippen LogP contribution in [-0.2, 0) is 0 Å². The largest absolute Gasteiger partial charge is 0.394 e. The van der Waals surface area contributed by atoms with E-state index in [1.54, 1.807) is 17.8 Å². The predicted molar refractivity (Wildman–Crippen MR) is 85.6 cm³/mol. The van der Waals surface area contributed by atoms with Crippen molar-refractivity contribution in [3.8, 4) is 0 Å². The highest BCUT2D eigenvalue weighted by Crippen LogP contribution is 2.30. The molecular formula is C14H21Cl2NOS. The Morgan fingerprint density at radius 1 is 1.37 bits per heavy atom. The van der Waals surface area contributed by atoms with Gasteiger partial charge in [0.15, 0.2) is 0 Å². The minimum absolute atomic E-state index is 0.156. The molecule has 2 nitrogen and oxygen atoms in total. The highest BCUT2D eigenvalue weighted by atomic mass is 35.5. The van der Waals surface area contributed by atoms with Gasteiger partial charge in [0.2, 0.25) is 0 Å². The third kappa shape index (κ3) is 5.92. The van der Waals surface area contributed by atoms with Crippen molar-refractivity contribution in [1.82, 2.24) is 5.32 Å². The third-order valence-corrected chi connectivity index (χ3v) is 4.79. The van der Waals surface area contributed by atoms with Gasteiger partial charge in [0.05, 0.1) is 11.6 Å². The van der Waals surface area contributed by atoms with Crippen molar-refractivity contribution in [2.75, 3.05) is 18.9 Å². The normalized spacial score (nSPS) is 14.4. The van der Waals surface area contributed by atoms with Crippen molar-refractivity contribution in [2.45, 2.75) is 37.1 Å². The molecule has 0 spiro atoms. The number of aliphatic hydroxyl groups is 1. The van der Waals surface area contributed by atoms with Gasteiger partial charge in [-0.1, -0.05) is 30.1 Å². The Kier molecular flexibility index (Phi) is 7.55. The first-order valence-electron chi connectivity index (χ1n) is 6.44. The summed E-state index contributed by atoms with van der Waals surface area (Å²) in [7, 11) is 0. The fraction of sp³-hybridized carbons (Fsp3) is 0.571. The average Bonchev–Trinajstić information content (AvgIpc) is 2.39. The molecule has 1 rings (SSSR count). The summed E-state index contributed by atoms with van der Waals surface area (Å²) >= 11 is 13.8. The number of rotatable bonds is 8. The summed E-state index contributed by atoms with van der Waals surface area (Å²) in [6.07, 6.45) is 1.94. The van der Waals surface area contributed by atoms with E-state index in [1.807, 2.05) is 19.1 Å². The molecule has 0 amide bonds. The number of hydrogen-bond acceptors (Lipinski definition) is 3. The monoisotopic (exact) mass is 321 g/mol. The molecule has 5 heteroatoms. The molecule has 0 fully saturated rings. The highest BCUT2D eigenvalue weighted by Gasteiger charge is 2.20. The van der Waals surface area contributed by atoms with Crippen molar-refractivity contribution in [2.24, 2.45) is 0 Å². The number of nitrogens with one attached hydrogen (secondary N) is 1. The summed E-state index contributed by atoms with van der Waals surface area (Å²) in [5.74, 6) is 0.959. The van der Waals surface area contributed by atoms with E-state index in [0.717, 1.165) is 35.1 Å². The zero-order valence-electron chi connectivity index (χ0n) is 11.4. The van der Waals surface area contributed by atoms with E-state index in [0.29, 0.717) is 5.02 Å². The van der Waals surface area contributed by atoms with Crippen LogP contribution < -0.4 is 5.32 Å². The standard InChI is InChI=1S/C14H21Cl2NOS/c1-3-17-14(2,10-18)7-4-8-19-13-9-11(15)5-6-12(13)16/h5-6,9,17-18H,3-4,7-8,10H2,1-2H3. The van der Waals surface area contributed by atoms with Gasteiger partial charge < -0.3 is 10.4 Å². The lowest BCUT2D eigenvalue weighted by atomic mass is 9.97. The van der Waals surface area contributed by atoms with Crippen LogP contribution in [0.3, 0.4) is 0 Å². The number of likely N-dealkylation sites (N-methyl/N-ethyl adjacent to an activating group) is 1. The molecule has 19 heavy (non-hydrogen) atoms. The molecule has 2 N–H and O–H groups in total. The van der Waals surface area contributed by atoms with Gasteiger partial charge in [-0.3, -0.25) is 0 Å². The van der Waals surface area contributed by atoms with E-state index < -0.39 is 0 Å². The van der Waals surface area contributed by atoms with Crippen LogP contribution in [-0.4, -0.2) is 29.5 Å². The van der Waals surface area contributed by atoms with Crippen LogP contribution in [0.5, 0.6) is 0 Å². The predicted octanol–water partition coefficient (Wildman–Crippen LogP) is 4.23. The molecule has 0 saturated heterocycles. The Hall–Kier alpha value is 0.0700. The maximum Gasteiger partial charge on any atom is 0.0610 e. The molecular weight excluding hydrogens is 301 g/mol. The minimum Gasteiger partial charge on any atom is -0.394 e. The zero-order chi connectivity index (χ0) is 14.3. The molecule has 0 aliphatic heterocycles. The van der Waals surface area contributed by atoms with Crippen LogP contribution in [0.1, 0.15) is 26.7 Å². The summed E-state index contributed by atoms with van der Waals surface area (Å²) in [6, 6.07) is 5.51. The molecule has 1 aromatic rings. The van der Waals surface area contributed by atoms with Gasteiger partial charge in [-0.2, -0.15) is 0 Å². The van der Waals surface area contributed by atoms with E-state index in [9.17, 15) is 5.11 Å². The molecule has 0 heterocycles. The van der Waals surface area contributed by atoms with Crippen LogP contribution in [0.2, 0.25) is 10.0 Å². The van der Waals surface area contributed by atoms with Gasteiger partial charge in [0.25, 0.3) is 0 Å². The SMILES string of the molecule is CCNC(C)(CO)CCCSc1cc(Cl)ccc1Cl. The van der Waals surface area contributed by atoms with E-state index in [2.05, 4.69) is 12.2 Å². The van der Waals surface area contributed by atoms with E-state index >= 15 is 0 Å². The molecule has 0 saturated carbocycles. The Labute approximate surface area is 129 Å². The number of aliphatic hydroxyl groups excluding tert-OH is 1. The second-order valence-corrected chi connectivity index (χ2v) is 6.76.